The molecule has 0 radical (unpaired) electrons. The van der Waals surface area contributed by atoms with E-state index in [2.05, 4.69) is 14.9 Å². The highest BCUT2D eigenvalue weighted by atomic mass is 16.4. The second kappa shape index (κ2) is 6.75. The summed E-state index contributed by atoms with van der Waals surface area (Å²) in [5.74, 6) is -0.170. The van der Waals surface area contributed by atoms with Gasteiger partial charge < -0.3 is 15.1 Å². The van der Waals surface area contributed by atoms with Gasteiger partial charge in [0, 0.05) is 13.1 Å². The largest absolute Gasteiger partial charge is 0.476 e. The quantitative estimate of drug-likeness (QED) is 0.899. The van der Waals surface area contributed by atoms with Gasteiger partial charge in [0.05, 0.1) is 18.5 Å². The smallest absolute Gasteiger partial charge is 0.356 e. The number of carboxylic acid groups (broad SMARTS) is 1. The summed E-state index contributed by atoms with van der Waals surface area (Å²) in [6.45, 7) is 1.55. The number of hydrogen-bond donors (Lipinski definition) is 2. The second-order valence-corrected chi connectivity index (χ2v) is 5.74. The fourth-order valence-corrected chi connectivity index (χ4v) is 2.96. The van der Waals surface area contributed by atoms with Gasteiger partial charge in [0.1, 0.15) is 5.82 Å². The number of rotatable bonds is 4. The van der Waals surface area contributed by atoms with E-state index >= 15 is 0 Å². The number of nitrogens with zero attached hydrogens (tertiary/aromatic N) is 3. The number of anilines is 1. The Morgan fingerprint density at radius 1 is 1.13 bits per heavy atom. The van der Waals surface area contributed by atoms with Crippen molar-refractivity contribution < 1.29 is 15.0 Å². The standard InChI is InChI=1S/C17H19N3O3/c21-16(12-4-2-1-3-5-12)13-6-8-20(9-7-13)15-11-18-14(10-19-15)17(22)23/h1-5,10-11,13,16,21H,6-9H2,(H,22,23). The Morgan fingerprint density at radius 2 is 1.83 bits per heavy atom. The van der Waals surface area contributed by atoms with Crippen LogP contribution in [0, 0.1) is 5.92 Å². The summed E-state index contributed by atoms with van der Waals surface area (Å²) in [5.41, 5.74) is 0.902. The minimum absolute atomic E-state index is 0.0527. The molecule has 0 bridgehead atoms. The first-order valence-corrected chi connectivity index (χ1v) is 7.68. The molecule has 0 saturated carbocycles. The van der Waals surface area contributed by atoms with Crippen LogP contribution in [0.25, 0.3) is 0 Å². The van der Waals surface area contributed by atoms with Crippen LogP contribution in [0.5, 0.6) is 0 Å². The van der Waals surface area contributed by atoms with Crippen LogP contribution in [0.3, 0.4) is 0 Å². The Balaban J connectivity index is 1.61. The van der Waals surface area contributed by atoms with Gasteiger partial charge in [0.15, 0.2) is 5.69 Å². The van der Waals surface area contributed by atoms with Crippen LogP contribution >= 0.6 is 0 Å². The van der Waals surface area contributed by atoms with E-state index in [0.717, 1.165) is 31.5 Å². The number of aromatic carboxylic acids is 1. The van der Waals surface area contributed by atoms with Crippen molar-refractivity contribution in [2.45, 2.75) is 18.9 Å². The predicted molar refractivity (Wildman–Crippen MR) is 85.3 cm³/mol. The maximum Gasteiger partial charge on any atom is 0.356 e. The van der Waals surface area contributed by atoms with Crippen molar-refractivity contribution in [3.63, 3.8) is 0 Å². The van der Waals surface area contributed by atoms with E-state index in [0.29, 0.717) is 5.82 Å². The minimum atomic E-state index is -1.08. The lowest BCUT2D eigenvalue weighted by molar-refractivity contribution is 0.0690. The van der Waals surface area contributed by atoms with E-state index in [1.54, 1.807) is 0 Å². The highest BCUT2D eigenvalue weighted by Crippen LogP contribution is 2.31. The summed E-state index contributed by atoms with van der Waals surface area (Å²) in [7, 11) is 0. The number of aromatic nitrogens is 2. The monoisotopic (exact) mass is 313 g/mol. The van der Waals surface area contributed by atoms with Gasteiger partial charge in [-0.25, -0.2) is 14.8 Å². The lowest BCUT2D eigenvalue weighted by Gasteiger charge is -2.34. The van der Waals surface area contributed by atoms with Crippen molar-refractivity contribution in [3.05, 3.63) is 54.0 Å². The summed E-state index contributed by atoms with van der Waals surface area (Å²) in [4.78, 5) is 20.9. The molecule has 0 spiro atoms. The van der Waals surface area contributed by atoms with E-state index in [9.17, 15) is 9.90 Å². The zero-order valence-electron chi connectivity index (χ0n) is 12.7. The highest BCUT2D eigenvalue weighted by molar-refractivity contribution is 5.84. The SMILES string of the molecule is O=C(O)c1cnc(N2CCC(C(O)c3ccccc3)CC2)cn1. The molecule has 1 atom stereocenters. The number of hydrogen-bond acceptors (Lipinski definition) is 5. The Kier molecular flexibility index (Phi) is 4.52. The molecule has 1 aromatic heterocycles. The molecule has 3 rings (SSSR count). The molecule has 2 heterocycles. The average Bonchev–Trinajstić information content (AvgIpc) is 2.62. The maximum absolute atomic E-state index is 10.8. The van der Waals surface area contributed by atoms with Gasteiger partial charge in [-0.2, -0.15) is 0 Å². The van der Waals surface area contributed by atoms with Crippen LogP contribution in [0.15, 0.2) is 42.7 Å². The Morgan fingerprint density at radius 3 is 2.39 bits per heavy atom. The van der Waals surface area contributed by atoms with Crippen LogP contribution in [-0.4, -0.2) is 39.2 Å². The van der Waals surface area contributed by atoms with Crippen LogP contribution in [0.4, 0.5) is 5.82 Å². The molecule has 1 saturated heterocycles. The van der Waals surface area contributed by atoms with Gasteiger partial charge in [-0.05, 0) is 24.3 Å². The van der Waals surface area contributed by atoms with Crippen LogP contribution in [0.1, 0.15) is 35.0 Å². The molecule has 1 aliphatic rings. The number of aliphatic hydroxyl groups excluding tert-OH is 1. The predicted octanol–water partition coefficient (Wildman–Crippen LogP) is 2.12. The molecule has 1 aromatic carbocycles. The number of aliphatic hydroxyl groups is 1. The lowest BCUT2D eigenvalue weighted by Crippen LogP contribution is -2.36. The molecule has 1 fully saturated rings. The maximum atomic E-state index is 10.8. The van der Waals surface area contributed by atoms with E-state index < -0.39 is 12.1 Å². The molecule has 2 aromatic rings. The molecule has 23 heavy (non-hydrogen) atoms. The Labute approximate surface area is 134 Å². The lowest BCUT2D eigenvalue weighted by atomic mass is 9.87. The van der Waals surface area contributed by atoms with Crippen molar-refractivity contribution in [1.29, 1.82) is 0 Å². The number of piperidine rings is 1. The number of carboxylic acids is 1. The molecule has 2 N–H and O–H groups in total. The average molecular weight is 313 g/mol. The van der Waals surface area contributed by atoms with Gasteiger partial charge in [-0.3, -0.25) is 0 Å². The Hall–Kier alpha value is -2.47. The van der Waals surface area contributed by atoms with Gasteiger partial charge in [-0.1, -0.05) is 30.3 Å². The fraction of sp³-hybridized carbons (Fsp3) is 0.353. The van der Waals surface area contributed by atoms with Crippen molar-refractivity contribution >= 4 is 11.8 Å². The third-order valence-electron chi connectivity index (χ3n) is 4.31. The molecule has 6 heteroatoms. The van der Waals surface area contributed by atoms with Crippen LogP contribution < -0.4 is 4.90 Å². The van der Waals surface area contributed by atoms with E-state index in [-0.39, 0.29) is 11.6 Å². The second-order valence-electron chi connectivity index (χ2n) is 5.74. The summed E-state index contributed by atoms with van der Waals surface area (Å²) >= 11 is 0. The van der Waals surface area contributed by atoms with Crippen LogP contribution in [0.2, 0.25) is 0 Å². The van der Waals surface area contributed by atoms with E-state index in [1.165, 1.54) is 12.4 Å². The topological polar surface area (TPSA) is 86.5 Å². The molecule has 6 nitrogen and oxygen atoms in total. The first kappa shape index (κ1) is 15.4. The normalized spacial score (nSPS) is 17.0. The molecule has 1 aliphatic heterocycles. The van der Waals surface area contributed by atoms with Gasteiger partial charge >= 0.3 is 5.97 Å². The summed E-state index contributed by atoms with van der Waals surface area (Å²) in [6, 6.07) is 9.72. The molecule has 1 unspecified atom stereocenters. The van der Waals surface area contributed by atoms with Gasteiger partial charge in [0.25, 0.3) is 0 Å². The minimum Gasteiger partial charge on any atom is -0.476 e. The van der Waals surface area contributed by atoms with Crippen molar-refractivity contribution in [2.24, 2.45) is 5.92 Å². The van der Waals surface area contributed by atoms with Crippen molar-refractivity contribution in [3.8, 4) is 0 Å². The highest BCUT2D eigenvalue weighted by Gasteiger charge is 2.26. The van der Waals surface area contributed by atoms with Crippen molar-refractivity contribution in [1.82, 2.24) is 9.97 Å². The van der Waals surface area contributed by atoms with Gasteiger partial charge in [-0.15, -0.1) is 0 Å². The third-order valence-corrected chi connectivity index (χ3v) is 4.31. The fourth-order valence-electron chi connectivity index (χ4n) is 2.96. The molecule has 120 valence electrons. The number of carbonyl (C=O) groups is 1. The zero-order valence-corrected chi connectivity index (χ0v) is 12.7. The molecular formula is C17H19N3O3. The van der Waals surface area contributed by atoms with E-state index in [1.807, 2.05) is 30.3 Å². The summed E-state index contributed by atoms with van der Waals surface area (Å²) in [6.07, 6.45) is 4.05. The van der Waals surface area contributed by atoms with Crippen LogP contribution in [-0.2, 0) is 0 Å². The number of benzene rings is 1. The molecule has 0 aliphatic carbocycles. The van der Waals surface area contributed by atoms with E-state index in [4.69, 9.17) is 5.11 Å². The first-order valence-electron chi connectivity index (χ1n) is 7.68. The Bertz CT molecular complexity index is 653. The third kappa shape index (κ3) is 3.48. The molecular weight excluding hydrogens is 294 g/mol. The first-order chi connectivity index (χ1) is 11.1. The summed E-state index contributed by atoms with van der Waals surface area (Å²) < 4.78 is 0. The van der Waals surface area contributed by atoms with Gasteiger partial charge in [0.2, 0.25) is 0 Å². The van der Waals surface area contributed by atoms with Crippen molar-refractivity contribution in [2.75, 3.05) is 18.0 Å². The summed E-state index contributed by atoms with van der Waals surface area (Å²) in [5, 5.41) is 19.3. The molecule has 0 amide bonds. The zero-order chi connectivity index (χ0) is 16.2.